The second-order valence-electron chi connectivity index (χ2n) is 5.95. The molecule has 1 heterocycles. The average Bonchev–Trinajstić information content (AvgIpc) is 2.71. The van der Waals surface area contributed by atoms with E-state index in [0.717, 1.165) is 32.2 Å². The number of hydrogen-bond acceptors (Lipinski definition) is 4. The molecule has 0 aromatic rings. The number of likely N-dealkylation sites (N-methyl/N-ethyl adjacent to an activating group) is 1. The molecular formula is C14H32N4. The molecule has 1 unspecified atom stereocenters. The van der Waals surface area contributed by atoms with Crippen molar-refractivity contribution in [3.63, 3.8) is 0 Å². The first-order valence-electron chi connectivity index (χ1n) is 7.42. The third-order valence-corrected chi connectivity index (χ3v) is 3.57. The van der Waals surface area contributed by atoms with Crippen LogP contribution in [0.25, 0.3) is 0 Å². The summed E-state index contributed by atoms with van der Waals surface area (Å²) in [6, 6.07) is 1.35. The molecule has 4 heteroatoms. The first kappa shape index (κ1) is 15.9. The van der Waals surface area contributed by atoms with Gasteiger partial charge in [-0.05, 0) is 33.5 Å². The molecule has 2 N–H and O–H groups in total. The Labute approximate surface area is 113 Å². The summed E-state index contributed by atoms with van der Waals surface area (Å²) in [7, 11) is 4.25. The summed E-state index contributed by atoms with van der Waals surface area (Å²) in [6.07, 6.45) is 2.72. The Morgan fingerprint density at radius 1 is 1.28 bits per heavy atom. The Bertz CT molecular complexity index is 206. The number of nitrogens with one attached hydrogen (secondary N) is 2. The van der Waals surface area contributed by atoms with Gasteiger partial charge in [-0.3, -0.25) is 4.90 Å². The molecule has 1 fully saturated rings. The quantitative estimate of drug-likeness (QED) is 0.592. The van der Waals surface area contributed by atoms with Gasteiger partial charge in [0.2, 0.25) is 0 Å². The van der Waals surface area contributed by atoms with Crippen LogP contribution in [0.2, 0.25) is 0 Å². The van der Waals surface area contributed by atoms with Crippen LogP contribution < -0.4 is 10.6 Å². The van der Waals surface area contributed by atoms with Crippen molar-refractivity contribution < 1.29 is 0 Å². The smallest absolute Gasteiger partial charge is 0.0221 e. The lowest BCUT2D eigenvalue weighted by atomic mass is 10.2. The van der Waals surface area contributed by atoms with E-state index in [9.17, 15) is 0 Å². The van der Waals surface area contributed by atoms with Gasteiger partial charge in [-0.15, -0.1) is 0 Å². The molecule has 0 spiro atoms. The topological polar surface area (TPSA) is 30.5 Å². The van der Waals surface area contributed by atoms with Crippen molar-refractivity contribution in [2.75, 3.05) is 53.4 Å². The monoisotopic (exact) mass is 256 g/mol. The van der Waals surface area contributed by atoms with E-state index in [1.807, 2.05) is 0 Å². The molecule has 1 atom stereocenters. The summed E-state index contributed by atoms with van der Waals surface area (Å²) >= 11 is 0. The Balaban J connectivity index is 2.11. The third-order valence-electron chi connectivity index (χ3n) is 3.57. The summed E-state index contributed by atoms with van der Waals surface area (Å²) in [5.74, 6) is 0. The molecule has 0 aliphatic carbocycles. The van der Waals surface area contributed by atoms with Crippen molar-refractivity contribution in [1.29, 1.82) is 0 Å². The fraction of sp³-hybridized carbons (Fsp3) is 1.00. The number of rotatable bonds is 9. The van der Waals surface area contributed by atoms with Gasteiger partial charge in [0, 0.05) is 44.8 Å². The summed E-state index contributed by atoms with van der Waals surface area (Å²) in [4.78, 5) is 4.87. The van der Waals surface area contributed by atoms with E-state index in [1.54, 1.807) is 0 Å². The van der Waals surface area contributed by atoms with Crippen molar-refractivity contribution in [1.82, 2.24) is 20.4 Å². The molecule has 4 nitrogen and oxygen atoms in total. The van der Waals surface area contributed by atoms with Crippen LogP contribution in [-0.4, -0.2) is 75.2 Å². The van der Waals surface area contributed by atoms with Crippen molar-refractivity contribution in [2.45, 2.75) is 38.8 Å². The van der Waals surface area contributed by atoms with Gasteiger partial charge >= 0.3 is 0 Å². The molecular weight excluding hydrogens is 224 g/mol. The van der Waals surface area contributed by atoms with E-state index < -0.39 is 0 Å². The largest absolute Gasteiger partial charge is 0.314 e. The maximum Gasteiger partial charge on any atom is 0.0221 e. The lowest BCUT2D eigenvalue weighted by Crippen LogP contribution is -2.43. The van der Waals surface area contributed by atoms with Crippen LogP contribution >= 0.6 is 0 Å². The second-order valence-corrected chi connectivity index (χ2v) is 5.95. The van der Waals surface area contributed by atoms with Crippen molar-refractivity contribution >= 4 is 0 Å². The van der Waals surface area contributed by atoms with Crippen molar-refractivity contribution in [3.05, 3.63) is 0 Å². The Morgan fingerprint density at radius 2 is 2.06 bits per heavy atom. The highest BCUT2D eigenvalue weighted by Gasteiger charge is 2.23. The molecule has 18 heavy (non-hydrogen) atoms. The van der Waals surface area contributed by atoms with Crippen LogP contribution in [0.15, 0.2) is 0 Å². The minimum atomic E-state index is 0.601. The van der Waals surface area contributed by atoms with Gasteiger partial charge in [-0.25, -0.2) is 0 Å². The molecule has 1 saturated heterocycles. The Morgan fingerprint density at radius 3 is 2.72 bits per heavy atom. The van der Waals surface area contributed by atoms with Gasteiger partial charge in [0.05, 0.1) is 0 Å². The summed E-state index contributed by atoms with van der Waals surface area (Å²) < 4.78 is 0. The minimum absolute atomic E-state index is 0.601. The SMILES string of the molecule is CC(C)NCCN1CCCC1CNCCN(C)C. The molecule has 1 rings (SSSR count). The Kier molecular flexibility index (Phi) is 7.82. The Hall–Kier alpha value is -0.160. The van der Waals surface area contributed by atoms with Crippen LogP contribution in [0, 0.1) is 0 Å². The van der Waals surface area contributed by atoms with Crippen LogP contribution in [0.5, 0.6) is 0 Å². The number of likely N-dealkylation sites (tertiary alicyclic amines) is 1. The van der Waals surface area contributed by atoms with E-state index in [1.165, 1.54) is 25.9 Å². The molecule has 0 radical (unpaired) electrons. The normalized spacial score (nSPS) is 21.3. The van der Waals surface area contributed by atoms with E-state index >= 15 is 0 Å². The standard InChI is InChI=1S/C14H32N4/c1-13(2)16-8-11-18-9-5-6-14(18)12-15-7-10-17(3)4/h13-16H,5-12H2,1-4H3. The highest BCUT2D eigenvalue weighted by Crippen LogP contribution is 2.15. The maximum absolute atomic E-state index is 3.58. The van der Waals surface area contributed by atoms with E-state index in [0.29, 0.717) is 6.04 Å². The van der Waals surface area contributed by atoms with Crippen LogP contribution in [0.4, 0.5) is 0 Å². The van der Waals surface area contributed by atoms with Crippen LogP contribution in [0.3, 0.4) is 0 Å². The number of hydrogen-bond donors (Lipinski definition) is 2. The molecule has 0 aromatic heterocycles. The second kappa shape index (κ2) is 8.86. The molecule has 1 aliphatic rings. The van der Waals surface area contributed by atoms with E-state index in [4.69, 9.17) is 0 Å². The first-order chi connectivity index (χ1) is 8.59. The molecule has 1 aliphatic heterocycles. The first-order valence-corrected chi connectivity index (χ1v) is 7.42. The summed E-state index contributed by atoms with van der Waals surface area (Å²) in [5.41, 5.74) is 0. The zero-order chi connectivity index (χ0) is 13.4. The molecule has 0 amide bonds. The third kappa shape index (κ3) is 6.69. The predicted molar refractivity (Wildman–Crippen MR) is 79.2 cm³/mol. The summed E-state index contributed by atoms with van der Waals surface area (Å²) in [5, 5.41) is 7.09. The average molecular weight is 256 g/mol. The van der Waals surface area contributed by atoms with Crippen molar-refractivity contribution in [3.8, 4) is 0 Å². The van der Waals surface area contributed by atoms with Gasteiger partial charge in [-0.1, -0.05) is 13.8 Å². The highest BCUT2D eigenvalue weighted by molar-refractivity contribution is 4.81. The van der Waals surface area contributed by atoms with Crippen LogP contribution in [0.1, 0.15) is 26.7 Å². The van der Waals surface area contributed by atoms with Gasteiger partial charge in [0.25, 0.3) is 0 Å². The van der Waals surface area contributed by atoms with Gasteiger partial charge in [0.1, 0.15) is 0 Å². The van der Waals surface area contributed by atoms with Gasteiger partial charge in [-0.2, -0.15) is 0 Å². The molecule has 108 valence electrons. The minimum Gasteiger partial charge on any atom is -0.314 e. The van der Waals surface area contributed by atoms with E-state index in [-0.39, 0.29) is 0 Å². The highest BCUT2D eigenvalue weighted by atomic mass is 15.2. The van der Waals surface area contributed by atoms with Gasteiger partial charge < -0.3 is 15.5 Å². The van der Waals surface area contributed by atoms with Gasteiger partial charge in [0.15, 0.2) is 0 Å². The number of nitrogens with zero attached hydrogens (tertiary/aromatic N) is 2. The lowest BCUT2D eigenvalue weighted by Gasteiger charge is -2.25. The molecule has 0 saturated carbocycles. The predicted octanol–water partition coefficient (Wildman–Crippen LogP) is 0.600. The molecule has 0 bridgehead atoms. The summed E-state index contributed by atoms with van der Waals surface area (Å²) in [6.45, 7) is 11.4. The zero-order valence-electron chi connectivity index (χ0n) is 12.7. The molecule has 0 aromatic carbocycles. The van der Waals surface area contributed by atoms with Crippen molar-refractivity contribution in [2.24, 2.45) is 0 Å². The zero-order valence-corrected chi connectivity index (χ0v) is 12.7. The fourth-order valence-electron chi connectivity index (χ4n) is 2.49. The van der Waals surface area contributed by atoms with E-state index in [2.05, 4.69) is 48.4 Å². The maximum atomic E-state index is 3.58. The van der Waals surface area contributed by atoms with Crippen LogP contribution in [-0.2, 0) is 0 Å². The lowest BCUT2D eigenvalue weighted by molar-refractivity contribution is 0.243. The fourth-order valence-corrected chi connectivity index (χ4v) is 2.49.